The van der Waals surface area contributed by atoms with Gasteiger partial charge in [-0.1, -0.05) is 42.1 Å². The van der Waals surface area contributed by atoms with Crippen molar-refractivity contribution >= 4 is 17.7 Å². The van der Waals surface area contributed by atoms with Gasteiger partial charge < -0.3 is 5.32 Å². The number of nitrogens with one attached hydrogen (secondary N) is 1. The molecule has 2 aromatic rings. The topological polar surface area (TPSA) is 72.7 Å². The third kappa shape index (κ3) is 4.07. The number of thioether (sulfide) groups is 1. The zero-order valence-electron chi connectivity index (χ0n) is 13.2. The summed E-state index contributed by atoms with van der Waals surface area (Å²) in [6.45, 7) is 7.84. The Morgan fingerprint density at radius 2 is 1.86 bits per heavy atom. The molecule has 2 atom stereocenters. The first-order valence-electron chi connectivity index (χ1n) is 7.29. The minimum Gasteiger partial charge on any atom is -0.349 e. The summed E-state index contributed by atoms with van der Waals surface area (Å²) in [7, 11) is 0. The predicted molar refractivity (Wildman–Crippen MR) is 86.5 cm³/mol. The standard InChI is InChI=1S/C15H21N5OS/c1-10(2)20-15(17-18-19-20)22-12(4)14(21)16-11(3)13-8-6-5-7-9-13/h5-12H,1-4H3,(H,16,21). The zero-order chi connectivity index (χ0) is 16.1. The van der Waals surface area contributed by atoms with Gasteiger partial charge in [0.05, 0.1) is 17.3 Å². The maximum atomic E-state index is 12.3. The third-order valence-corrected chi connectivity index (χ3v) is 4.31. The number of hydrogen-bond acceptors (Lipinski definition) is 5. The number of aromatic nitrogens is 4. The summed E-state index contributed by atoms with van der Waals surface area (Å²) in [5.41, 5.74) is 1.08. The van der Waals surface area contributed by atoms with Crippen LogP contribution in [-0.2, 0) is 4.79 Å². The quantitative estimate of drug-likeness (QED) is 0.829. The second kappa shape index (κ2) is 7.40. The van der Waals surface area contributed by atoms with E-state index in [1.54, 1.807) is 4.68 Å². The average molecular weight is 319 g/mol. The Labute approximate surface area is 134 Å². The van der Waals surface area contributed by atoms with Crippen LogP contribution in [0.3, 0.4) is 0 Å². The van der Waals surface area contributed by atoms with Crippen molar-refractivity contribution in [2.45, 2.75) is 50.2 Å². The number of carbonyl (C=O) groups excluding carboxylic acids is 1. The molecule has 2 rings (SSSR count). The molecule has 0 saturated heterocycles. The Hall–Kier alpha value is -1.89. The van der Waals surface area contributed by atoms with Gasteiger partial charge in [-0.25, -0.2) is 4.68 Å². The van der Waals surface area contributed by atoms with E-state index in [4.69, 9.17) is 0 Å². The fourth-order valence-electron chi connectivity index (χ4n) is 1.95. The van der Waals surface area contributed by atoms with Crippen LogP contribution in [0.1, 0.15) is 45.3 Å². The first-order valence-corrected chi connectivity index (χ1v) is 8.17. The summed E-state index contributed by atoms with van der Waals surface area (Å²) in [5, 5.41) is 15.0. The van der Waals surface area contributed by atoms with Crippen LogP contribution in [0.4, 0.5) is 0 Å². The number of tetrazole rings is 1. The molecular weight excluding hydrogens is 298 g/mol. The SMILES string of the molecule is CC(Sc1nnnn1C(C)C)C(=O)NC(C)c1ccccc1. The van der Waals surface area contributed by atoms with Crippen LogP contribution in [0, 0.1) is 0 Å². The molecule has 0 bridgehead atoms. The number of rotatable bonds is 6. The van der Waals surface area contributed by atoms with E-state index in [9.17, 15) is 4.79 Å². The summed E-state index contributed by atoms with van der Waals surface area (Å²) >= 11 is 1.37. The van der Waals surface area contributed by atoms with Crippen molar-refractivity contribution < 1.29 is 4.79 Å². The van der Waals surface area contributed by atoms with Gasteiger partial charge in [-0.2, -0.15) is 0 Å². The summed E-state index contributed by atoms with van der Waals surface area (Å²) in [5.74, 6) is -0.0281. The Balaban J connectivity index is 1.96. The highest BCUT2D eigenvalue weighted by molar-refractivity contribution is 8.00. The normalized spacial score (nSPS) is 13.9. The summed E-state index contributed by atoms with van der Waals surface area (Å²) in [6, 6.07) is 10.0. The van der Waals surface area contributed by atoms with Crippen molar-refractivity contribution in [2.75, 3.05) is 0 Å². The van der Waals surface area contributed by atoms with Gasteiger partial charge in [0, 0.05) is 0 Å². The van der Waals surface area contributed by atoms with Gasteiger partial charge in [-0.05, 0) is 43.7 Å². The molecule has 22 heavy (non-hydrogen) atoms. The Kier molecular flexibility index (Phi) is 5.54. The van der Waals surface area contributed by atoms with E-state index in [0.717, 1.165) is 5.56 Å². The van der Waals surface area contributed by atoms with E-state index in [-0.39, 0.29) is 23.2 Å². The lowest BCUT2D eigenvalue weighted by Gasteiger charge is -2.17. The molecular formula is C15H21N5OS. The first kappa shape index (κ1) is 16.5. The predicted octanol–water partition coefficient (Wildman–Crippen LogP) is 2.61. The Bertz CT molecular complexity index is 613. The van der Waals surface area contributed by atoms with Gasteiger partial charge >= 0.3 is 0 Å². The molecule has 2 unspecified atom stereocenters. The van der Waals surface area contributed by atoms with Crippen LogP contribution >= 0.6 is 11.8 Å². The lowest BCUT2D eigenvalue weighted by Crippen LogP contribution is -2.33. The van der Waals surface area contributed by atoms with E-state index >= 15 is 0 Å². The highest BCUT2D eigenvalue weighted by Gasteiger charge is 2.21. The van der Waals surface area contributed by atoms with Crippen molar-refractivity contribution in [3.8, 4) is 0 Å². The molecule has 0 spiro atoms. The van der Waals surface area contributed by atoms with Crippen LogP contribution in [0.5, 0.6) is 0 Å². The molecule has 1 heterocycles. The molecule has 0 aliphatic heterocycles. The zero-order valence-corrected chi connectivity index (χ0v) is 14.0. The minimum atomic E-state index is -0.269. The van der Waals surface area contributed by atoms with Gasteiger partial charge in [0.1, 0.15) is 0 Å². The second-order valence-corrected chi connectivity index (χ2v) is 6.71. The maximum absolute atomic E-state index is 12.3. The molecule has 118 valence electrons. The fraction of sp³-hybridized carbons (Fsp3) is 0.467. The number of nitrogens with zero attached hydrogens (tertiary/aromatic N) is 4. The van der Waals surface area contributed by atoms with E-state index in [1.807, 2.05) is 58.0 Å². The largest absolute Gasteiger partial charge is 0.349 e. The molecule has 0 aliphatic rings. The monoisotopic (exact) mass is 319 g/mol. The molecule has 1 N–H and O–H groups in total. The summed E-state index contributed by atoms with van der Waals surface area (Å²) < 4.78 is 1.72. The molecule has 1 amide bonds. The smallest absolute Gasteiger partial charge is 0.233 e. The lowest BCUT2D eigenvalue weighted by atomic mass is 10.1. The van der Waals surface area contributed by atoms with Crippen molar-refractivity contribution in [2.24, 2.45) is 0 Å². The van der Waals surface area contributed by atoms with Crippen LogP contribution < -0.4 is 5.32 Å². The molecule has 0 aliphatic carbocycles. The second-order valence-electron chi connectivity index (χ2n) is 5.40. The molecule has 1 aromatic heterocycles. The van der Waals surface area contributed by atoms with Crippen molar-refractivity contribution in [3.63, 3.8) is 0 Å². The van der Waals surface area contributed by atoms with Crippen molar-refractivity contribution in [3.05, 3.63) is 35.9 Å². The van der Waals surface area contributed by atoms with Gasteiger partial charge in [0.15, 0.2) is 0 Å². The van der Waals surface area contributed by atoms with Crippen LogP contribution in [0.2, 0.25) is 0 Å². The van der Waals surface area contributed by atoms with E-state index in [2.05, 4.69) is 20.8 Å². The van der Waals surface area contributed by atoms with E-state index < -0.39 is 0 Å². The van der Waals surface area contributed by atoms with Crippen LogP contribution in [0.15, 0.2) is 35.5 Å². The van der Waals surface area contributed by atoms with Crippen molar-refractivity contribution in [1.29, 1.82) is 0 Å². The molecule has 0 fully saturated rings. The minimum absolute atomic E-state index is 0.0281. The molecule has 0 saturated carbocycles. The third-order valence-electron chi connectivity index (χ3n) is 3.26. The van der Waals surface area contributed by atoms with Crippen molar-refractivity contribution in [1.82, 2.24) is 25.5 Å². The van der Waals surface area contributed by atoms with E-state index in [0.29, 0.717) is 5.16 Å². The van der Waals surface area contributed by atoms with Gasteiger partial charge in [-0.15, -0.1) is 5.10 Å². The Morgan fingerprint density at radius 3 is 2.50 bits per heavy atom. The molecule has 6 nitrogen and oxygen atoms in total. The highest BCUT2D eigenvalue weighted by atomic mass is 32.2. The Morgan fingerprint density at radius 1 is 1.18 bits per heavy atom. The number of benzene rings is 1. The molecule has 0 radical (unpaired) electrons. The molecule has 1 aromatic carbocycles. The number of hydrogen-bond donors (Lipinski definition) is 1. The van der Waals surface area contributed by atoms with Gasteiger partial charge in [0.25, 0.3) is 0 Å². The van der Waals surface area contributed by atoms with E-state index in [1.165, 1.54) is 11.8 Å². The number of carbonyl (C=O) groups is 1. The van der Waals surface area contributed by atoms with Gasteiger partial charge in [-0.3, -0.25) is 4.79 Å². The summed E-state index contributed by atoms with van der Waals surface area (Å²) in [4.78, 5) is 12.3. The van der Waals surface area contributed by atoms with Crippen LogP contribution in [-0.4, -0.2) is 31.4 Å². The maximum Gasteiger partial charge on any atom is 0.233 e. The fourth-order valence-corrected chi connectivity index (χ4v) is 2.88. The number of amides is 1. The summed E-state index contributed by atoms with van der Waals surface area (Å²) in [6.07, 6.45) is 0. The van der Waals surface area contributed by atoms with Gasteiger partial charge in [0.2, 0.25) is 11.1 Å². The first-order chi connectivity index (χ1) is 10.5. The highest BCUT2D eigenvalue weighted by Crippen LogP contribution is 2.23. The molecule has 7 heteroatoms. The average Bonchev–Trinajstić information content (AvgIpc) is 2.96. The van der Waals surface area contributed by atoms with Crippen LogP contribution in [0.25, 0.3) is 0 Å². The lowest BCUT2D eigenvalue weighted by molar-refractivity contribution is -0.120.